The van der Waals surface area contributed by atoms with Gasteiger partial charge >= 0.3 is 0 Å². The Labute approximate surface area is 130 Å². The first-order valence-electron chi connectivity index (χ1n) is 7.78. The van der Waals surface area contributed by atoms with E-state index in [0.29, 0.717) is 6.61 Å². The number of hydrogen-bond acceptors (Lipinski definition) is 6. The third kappa shape index (κ3) is 4.56. The molecule has 0 saturated heterocycles. The van der Waals surface area contributed by atoms with Gasteiger partial charge in [0.15, 0.2) is 0 Å². The fraction of sp³-hybridized carbons (Fsp3) is 0.857. The van der Waals surface area contributed by atoms with Crippen molar-refractivity contribution in [3.8, 4) is 0 Å². The van der Waals surface area contributed by atoms with Crippen molar-refractivity contribution in [2.75, 3.05) is 20.1 Å². The molecule has 2 aliphatic rings. The Kier molecular flexibility index (Phi) is 5.98. The van der Waals surface area contributed by atoms with Gasteiger partial charge in [0.2, 0.25) is 5.91 Å². The molecule has 1 amide bonds. The van der Waals surface area contributed by atoms with E-state index >= 15 is 0 Å². The van der Waals surface area contributed by atoms with Crippen molar-refractivity contribution in [1.82, 2.24) is 10.9 Å². The van der Waals surface area contributed by atoms with Crippen molar-refractivity contribution >= 4 is 11.9 Å². The van der Waals surface area contributed by atoms with Crippen LogP contribution in [0.15, 0.2) is 4.99 Å². The third-order valence-corrected chi connectivity index (χ3v) is 4.45. The average Bonchev–Trinajstić information content (AvgIpc) is 3.20. The summed E-state index contributed by atoms with van der Waals surface area (Å²) >= 11 is 0. The Morgan fingerprint density at radius 2 is 2.18 bits per heavy atom. The van der Waals surface area contributed by atoms with Gasteiger partial charge in [-0.2, -0.15) is 0 Å². The lowest BCUT2D eigenvalue weighted by molar-refractivity contribution is -0.125. The van der Waals surface area contributed by atoms with Crippen molar-refractivity contribution in [3.63, 3.8) is 0 Å². The molecule has 1 spiro atoms. The van der Waals surface area contributed by atoms with Crippen molar-refractivity contribution in [2.45, 2.75) is 45.1 Å². The summed E-state index contributed by atoms with van der Waals surface area (Å²) in [5.41, 5.74) is 10.9. The summed E-state index contributed by atoms with van der Waals surface area (Å²) in [5.74, 6) is 0.0523. The second kappa shape index (κ2) is 7.75. The normalized spacial score (nSPS) is 31.1. The monoisotopic (exact) mass is 314 g/mol. The summed E-state index contributed by atoms with van der Waals surface area (Å²) in [6.07, 6.45) is 4.22. The third-order valence-electron chi connectivity index (χ3n) is 4.45. The summed E-state index contributed by atoms with van der Waals surface area (Å²) in [4.78, 5) is 15.9. The quantitative estimate of drug-likeness (QED) is 0.170. The number of amidine groups is 1. The Morgan fingerprint density at radius 1 is 1.45 bits per heavy atom. The van der Waals surface area contributed by atoms with Crippen LogP contribution in [0.4, 0.5) is 0 Å². The summed E-state index contributed by atoms with van der Waals surface area (Å²) in [5, 5.41) is 9.53. The second-order valence-electron chi connectivity index (χ2n) is 5.92. The standard InChI is InChI=1S/C14H26N4O4/c1-2-22-13(15)16-8-21-9-17-18-12(20)11-7-14(11)5-3-10(19)4-6-14/h10-11,17,19H,2-9H2,1H3,(H2,15,16)(H,18,20). The molecule has 2 fully saturated rings. The Hall–Kier alpha value is -1.38. The number of nitrogens with one attached hydrogen (secondary N) is 2. The first-order valence-corrected chi connectivity index (χ1v) is 7.78. The van der Waals surface area contributed by atoms with Crippen LogP contribution < -0.4 is 16.6 Å². The maximum Gasteiger partial charge on any atom is 0.284 e. The van der Waals surface area contributed by atoms with Crippen molar-refractivity contribution in [3.05, 3.63) is 0 Å². The molecule has 2 aliphatic carbocycles. The molecule has 0 aromatic heterocycles. The van der Waals surface area contributed by atoms with Crippen LogP contribution in [0.2, 0.25) is 0 Å². The highest BCUT2D eigenvalue weighted by atomic mass is 16.5. The van der Waals surface area contributed by atoms with Gasteiger partial charge in [0.05, 0.1) is 12.7 Å². The lowest BCUT2D eigenvalue weighted by Gasteiger charge is -2.26. The number of rotatable bonds is 7. The smallest absolute Gasteiger partial charge is 0.284 e. The minimum atomic E-state index is -0.189. The molecule has 2 rings (SSSR count). The van der Waals surface area contributed by atoms with E-state index in [1.165, 1.54) is 0 Å². The van der Waals surface area contributed by atoms with Gasteiger partial charge in [0, 0.05) is 5.92 Å². The van der Waals surface area contributed by atoms with E-state index in [4.69, 9.17) is 15.2 Å². The first kappa shape index (κ1) is 17.0. The number of aliphatic hydroxyl groups is 1. The first-order chi connectivity index (χ1) is 10.6. The average molecular weight is 314 g/mol. The Morgan fingerprint density at radius 3 is 2.86 bits per heavy atom. The zero-order valence-electron chi connectivity index (χ0n) is 13.0. The van der Waals surface area contributed by atoms with Gasteiger partial charge in [-0.1, -0.05) is 0 Å². The molecule has 1 unspecified atom stereocenters. The maximum absolute atomic E-state index is 12.0. The summed E-state index contributed by atoms with van der Waals surface area (Å²) in [6, 6.07) is 0.0888. The van der Waals surface area contributed by atoms with Crippen LogP contribution in [0.3, 0.4) is 0 Å². The molecule has 0 aliphatic heterocycles. The van der Waals surface area contributed by atoms with Gasteiger partial charge in [0.1, 0.15) is 13.5 Å². The molecule has 5 N–H and O–H groups in total. The predicted octanol–water partition coefficient (Wildman–Crippen LogP) is -0.169. The number of carbonyl (C=O) groups excluding carboxylic acids is 1. The van der Waals surface area contributed by atoms with Gasteiger partial charge in [-0.25, -0.2) is 10.4 Å². The molecule has 8 nitrogen and oxygen atoms in total. The molecule has 8 heteroatoms. The molecule has 22 heavy (non-hydrogen) atoms. The molecule has 0 heterocycles. The summed E-state index contributed by atoms with van der Waals surface area (Å²) in [6.45, 7) is 2.49. The van der Waals surface area contributed by atoms with Crippen molar-refractivity contribution < 1.29 is 19.4 Å². The number of aliphatic imine (C=N–C) groups is 1. The lowest BCUT2D eigenvalue weighted by atomic mass is 9.83. The Balaban J connectivity index is 1.55. The van der Waals surface area contributed by atoms with E-state index < -0.39 is 0 Å². The van der Waals surface area contributed by atoms with E-state index in [-0.39, 0.29) is 42.8 Å². The van der Waals surface area contributed by atoms with Crippen LogP contribution in [0.1, 0.15) is 39.0 Å². The fourth-order valence-corrected chi connectivity index (χ4v) is 3.06. The number of amides is 1. The maximum atomic E-state index is 12.0. The van der Waals surface area contributed by atoms with Crippen LogP contribution >= 0.6 is 0 Å². The van der Waals surface area contributed by atoms with Crippen molar-refractivity contribution in [1.29, 1.82) is 0 Å². The highest BCUT2D eigenvalue weighted by molar-refractivity contribution is 5.82. The molecule has 0 aromatic carbocycles. The van der Waals surface area contributed by atoms with Crippen LogP contribution in [0.25, 0.3) is 0 Å². The number of nitrogens with zero attached hydrogens (tertiary/aromatic N) is 1. The molecule has 0 radical (unpaired) electrons. The zero-order valence-corrected chi connectivity index (χ0v) is 13.0. The molecule has 126 valence electrons. The van der Waals surface area contributed by atoms with E-state index in [0.717, 1.165) is 32.1 Å². The van der Waals surface area contributed by atoms with Gasteiger partial charge in [0.25, 0.3) is 6.02 Å². The van der Waals surface area contributed by atoms with Crippen LogP contribution in [0, 0.1) is 11.3 Å². The summed E-state index contributed by atoms with van der Waals surface area (Å²) in [7, 11) is 0. The molecular weight excluding hydrogens is 288 g/mol. The van der Waals surface area contributed by atoms with Crippen LogP contribution in [0.5, 0.6) is 0 Å². The van der Waals surface area contributed by atoms with Gasteiger partial charge < -0.3 is 20.3 Å². The topological polar surface area (TPSA) is 118 Å². The minimum Gasteiger partial charge on any atom is -0.466 e. The van der Waals surface area contributed by atoms with Crippen LogP contribution in [-0.4, -0.2) is 43.2 Å². The lowest BCUT2D eigenvalue weighted by Crippen LogP contribution is -2.41. The molecule has 2 saturated carbocycles. The van der Waals surface area contributed by atoms with Crippen LogP contribution in [-0.2, 0) is 14.3 Å². The minimum absolute atomic E-state index is 0.00248. The molecular formula is C14H26N4O4. The number of ether oxygens (including phenoxy) is 2. The van der Waals surface area contributed by atoms with E-state index in [1.54, 1.807) is 0 Å². The van der Waals surface area contributed by atoms with Gasteiger partial charge in [-0.05, 0) is 44.4 Å². The van der Waals surface area contributed by atoms with E-state index in [9.17, 15) is 9.90 Å². The SMILES string of the molecule is CCO/C(N)=N/COCNNC(=O)C1CC12CCC(O)CC2. The largest absolute Gasteiger partial charge is 0.466 e. The van der Waals surface area contributed by atoms with Crippen molar-refractivity contribution in [2.24, 2.45) is 22.1 Å². The van der Waals surface area contributed by atoms with E-state index in [1.807, 2.05) is 6.92 Å². The summed E-state index contributed by atoms with van der Waals surface area (Å²) < 4.78 is 10.1. The highest BCUT2D eigenvalue weighted by Gasteiger charge is 2.58. The number of hydrogen-bond donors (Lipinski definition) is 4. The number of nitrogens with two attached hydrogens (primary N) is 1. The van der Waals surface area contributed by atoms with Gasteiger partial charge in [-0.15, -0.1) is 0 Å². The zero-order chi connectivity index (χ0) is 16.0. The number of carbonyl (C=O) groups is 1. The Bertz CT molecular complexity index is 408. The molecule has 1 atom stereocenters. The number of hydrazine groups is 1. The second-order valence-corrected chi connectivity index (χ2v) is 5.92. The fourth-order valence-electron chi connectivity index (χ4n) is 3.06. The molecule has 0 bridgehead atoms. The van der Waals surface area contributed by atoms with E-state index in [2.05, 4.69) is 15.8 Å². The molecule has 0 aromatic rings. The van der Waals surface area contributed by atoms with Gasteiger partial charge in [-0.3, -0.25) is 10.2 Å². The number of aliphatic hydroxyl groups excluding tert-OH is 1. The predicted molar refractivity (Wildman–Crippen MR) is 80.4 cm³/mol. The highest BCUT2D eigenvalue weighted by Crippen LogP contribution is 2.61.